The molecule has 204 valence electrons. The third-order valence-corrected chi connectivity index (χ3v) is 10.7. The third-order valence-electron chi connectivity index (χ3n) is 9.26. The van der Waals surface area contributed by atoms with Crippen molar-refractivity contribution in [3.05, 3.63) is 47.0 Å². The summed E-state index contributed by atoms with van der Waals surface area (Å²) in [6.07, 6.45) is 9.08. The number of amides is 1. The van der Waals surface area contributed by atoms with Crippen LogP contribution >= 0.6 is 11.6 Å². The van der Waals surface area contributed by atoms with Crippen molar-refractivity contribution in [2.24, 2.45) is 10.8 Å². The molecule has 0 unspecified atom stereocenters. The Morgan fingerprint density at radius 3 is 2.39 bits per heavy atom. The van der Waals surface area contributed by atoms with Crippen molar-refractivity contribution in [2.45, 2.75) is 88.2 Å². The van der Waals surface area contributed by atoms with Gasteiger partial charge in [-0.2, -0.15) is 8.42 Å². The quantitative estimate of drug-likeness (QED) is 0.461. The fourth-order valence-electron chi connectivity index (χ4n) is 6.26. The predicted molar refractivity (Wildman–Crippen MR) is 147 cm³/mol. The van der Waals surface area contributed by atoms with Gasteiger partial charge in [-0.05, 0) is 85.1 Å². The normalized spacial score (nSPS) is 23.3. The minimum Gasteiger partial charge on any atom is -0.477 e. The number of piperidine rings is 1. The van der Waals surface area contributed by atoms with Crippen molar-refractivity contribution in [1.82, 2.24) is 9.71 Å². The Bertz CT molecular complexity index is 1350. The van der Waals surface area contributed by atoms with E-state index in [1.165, 1.54) is 25.3 Å². The summed E-state index contributed by atoms with van der Waals surface area (Å²) < 4.78 is 35.0. The number of carbonyl (C=O) groups is 1. The highest BCUT2D eigenvalue weighted by Crippen LogP contribution is 2.63. The summed E-state index contributed by atoms with van der Waals surface area (Å²) in [6, 6.07) is 10.5. The van der Waals surface area contributed by atoms with Crippen LogP contribution in [0, 0.1) is 10.8 Å². The highest BCUT2D eigenvalue weighted by Gasteiger charge is 2.55. The van der Waals surface area contributed by atoms with E-state index in [2.05, 4.69) is 28.5 Å². The average molecular weight is 558 g/mol. The van der Waals surface area contributed by atoms with Gasteiger partial charge in [-0.3, -0.25) is 4.79 Å². The monoisotopic (exact) mass is 557 g/mol. The van der Waals surface area contributed by atoms with Gasteiger partial charge in [0.2, 0.25) is 0 Å². The van der Waals surface area contributed by atoms with Gasteiger partial charge in [0, 0.05) is 31.0 Å². The fourth-order valence-corrected chi connectivity index (χ4v) is 7.43. The lowest BCUT2D eigenvalue weighted by molar-refractivity contribution is -0.128. The number of pyridine rings is 1. The van der Waals surface area contributed by atoms with E-state index in [4.69, 9.17) is 16.3 Å². The second-order valence-electron chi connectivity index (χ2n) is 12.7. The molecule has 2 aromatic rings. The van der Waals surface area contributed by atoms with Gasteiger partial charge in [0.1, 0.15) is 11.6 Å². The Labute approximate surface area is 230 Å². The Balaban J connectivity index is 1.16. The fraction of sp³-hybridized carbons (Fsp3) is 0.586. The number of anilines is 1. The second-order valence-corrected chi connectivity index (χ2v) is 14.7. The topological polar surface area (TPSA) is 88.6 Å². The van der Waals surface area contributed by atoms with Crippen LogP contribution < -0.4 is 14.4 Å². The number of aromatic nitrogens is 1. The number of ether oxygens (including phenoxy) is 1. The number of sulfonamides is 1. The molecular formula is C29H36ClN3O4S. The van der Waals surface area contributed by atoms with Gasteiger partial charge in [-0.25, -0.2) is 9.71 Å². The van der Waals surface area contributed by atoms with Gasteiger partial charge < -0.3 is 9.64 Å². The summed E-state index contributed by atoms with van der Waals surface area (Å²) in [6.45, 7) is 6.12. The maximum absolute atomic E-state index is 13.3. The summed E-state index contributed by atoms with van der Waals surface area (Å²) in [5.41, 5.74) is 0.622. The van der Waals surface area contributed by atoms with Gasteiger partial charge in [-0.15, -0.1) is 0 Å². The van der Waals surface area contributed by atoms with Crippen LogP contribution in [0.5, 0.6) is 5.75 Å². The largest absolute Gasteiger partial charge is 0.477 e. The number of nitrogens with zero attached hydrogens (tertiary/aromatic N) is 2. The van der Waals surface area contributed by atoms with E-state index in [1.807, 2.05) is 18.2 Å². The molecule has 4 fully saturated rings. The molecule has 0 atom stereocenters. The summed E-state index contributed by atoms with van der Waals surface area (Å²) in [5, 5.41) is 0.375. The zero-order valence-corrected chi connectivity index (χ0v) is 23.7. The first-order valence-electron chi connectivity index (χ1n) is 13.8. The van der Waals surface area contributed by atoms with Crippen molar-refractivity contribution in [3.63, 3.8) is 0 Å². The number of benzene rings is 1. The number of carbonyl (C=O) groups excluding carboxylic acids is 1. The van der Waals surface area contributed by atoms with Gasteiger partial charge in [0.15, 0.2) is 10.6 Å². The van der Waals surface area contributed by atoms with Crippen LogP contribution in [0.4, 0.5) is 5.82 Å². The first kappa shape index (κ1) is 25.9. The van der Waals surface area contributed by atoms with Crippen molar-refractivity contribution in [3.8, 4) is 5.75 Å². The van der Waals surface area contributed by atoms with Crippen LogP contribution in [0.25, 0.3) is 0 Å². The third kappa shape index (κ3) is 4.90. The van der Waals surface area contributed by atoms with Crippen molar-refractivity contribution in [1.29, 1.82) is 0 Å². The first-order valence-corrected chi connectivity index (χ1v) is 15.6. The molecule has 0 radical (unpaired) electrons. The minimum atomic E-state index is -4.16. The molecule has 3 aliphatic carbocycles. The molecular weight excluding hydrogens is 522 g/mol. The molecule has 0 bridgehead atoms. The Hall–Kier alpha value is -2.32. The van der Waals surface area contributed by atoms with E-state index >= 15 is 0 Å². The standard InChI is InChI=1S/C29H36ClN3O4S/c1-27(2)13-15-33(16-14-27)24-5-3-6-25(31-24)38(35,36)32-26(34)29(11-12-29)37-23-17-21(30)7-8-22(23)20-18-28(19-20)9-4-10-28/h3,5-8,17,20H,4,9-16,18-19H2,1-2H3,(H,32,34). The maximum atomic E-state index is 13.3. The summed E-state index contributed by atoms with van der Waals surface area (Å²) in [4.78, 5) is 19.8. The second kappa shape index (κ2) is 9.12. The minimum absolute atomic E-state index is 0.160. The molecule has 38 heavy (non-hydrogen) atoms. The van der Waals surface area contributed by atoms with Gasteiger partial charge in [-0.1, -0.05) is 44.0 Å². The first-order chi connectivity index (χ1) is 18.0. The maximum Gasteiger partial charge on any atom is 0.281 e. The zero-order valence-electron chi connectivity index (χ0n) is 22.1. The van der Waals surface area contributed by atoms with Crippen LogP contribution in [0.1, 0.15) is 83.1 Å². The number of halogens is 1. The highest BCUT2D eigenvalue weighted by atomic mass is 35.5. The predicted octanol–water partition coefficient (Wildman–Crippen LogP) is 5.83. The molecule has 1 aliphatic heterocycles. The molecule has 9 heteroatoms. The molecule has 1 aromatic heterocycles. The molecule has 2 heterocycles. The number of hydrogen-bond acceptors (Lipinski definition) is 6. The number of rotatable bonds is 7. The molecule has 1 amide bonds. The summed E-state index contributed by atoms with van der Waals surface area (Å²) in [7, 11) is -4.16. The van der Waals surface area contributed by atoms with E-state index in [0.29, 0.717) is 40.8 Å². The SMILES string of the molecule is CC1(C)CCN(c2cccc(S(=O)(=O)NC(=O)C3(Oc4cc(Cl)ccc4C4CC5(CCC5)C4)CC3)n2)CC1. The Morgan fingerprint density at radius 2 is 1.76 bits per heavy atom. The lowest BCUT2D eigenvalue weighted by atomic mass is 9.50. The Kier molecular flexibility index (Phi) is 6.22. The van der Waals surface area contributed by atoms with Crippen molar-refractivity contribution in [2.75, 3.05) is 18.0 Å². The number of nitrogens with one attached hydrogen (secondary N) is 1. The lowest BCUT2D eigenvalue weighted by Crippen LogP contribution is -2.44. The van der Waals surface area contributed by atoms with E-state index < -0.39 is 21.5 Å². The molecule has 1 N–H and O–H groups in total. The van der Waals surface area contributed by atoms with E-state index in [-0.39, 0.29) is 10.4 Å². The van der Waals surface area contributed by atoms with Crippen LogP contribution in [0.15, 0.2) is 41.4 Å². The van der Waals surface area contributed by atoms with Gasteiger partial charge in [0.25, 0.3) is 15.9 Å². The molecule has 7 nitrogen and oxygen atoms in total. The van der Waals surface area contributed by atoms with Crippen LogP contribution in [0.2, 0.25) is 5.02 Å². The van der Waals surface area contributed by atoms with Crippen LogP contribution in [0.3, 0.4) is 0 Å². The summed E-state index contributed by atoms with van der Waals surface area (Å²) in [5.74, 6) is 0.938. The number of hydrogen-bond donors (Lipinski definition) is 1. The molecule has 1 spiro atoms. The van der Waals surface area contributed by atoms with Crippen molar-refractivity contribution < 1.29 is 17.9 Å². The smallest absolute Gasteiger partial charge is 0.281 e. The van der Waals surface area contributed by atoms with Crippen molar-refractivity contribution >= 4 is 33.3 Å². The molecule has 6 rings (SSSR count). The molecule has 1 aromatic carbocycles. The Morgan fingerprint density at radius 1 is 1.05 bits per heavy atom. The zero-order chi connectivity index (χ0) is 26.8. The lowest BCUT2D eigenvalue weighted by Gasteiger charge is -2.54. The van der Waals surface area contributed by atoms with Gasteiger partial charge >= 0.3 is 0 Å². The molecule has 3 saturated carbocycles. The molecule has 4 aliphatic rings. The average Bonchev–Trinajstić information content (AvgIpc) is 3.59. The molecule has 1 saturated heterocycles. The summed E-state index contributed by atoms with van der Waals surface area (Å²) >= 11 is 6.30. The van der Waals surface area contributed by atoms with E-state index in [9.17, 15) is 13.2 Å². The highest BCUT2D eigenvalue weighted by molar-refractivity contribution is 7.90. The van der Waals surface area contributed by atoms with Crippen LogP contribution in [-0.2, 0) is 14.8 Å². The van der Waals surface area contributed by atoms with E-state index in [0.717, 1.165) is 44.3 Å². The van der Waals surface area contributed by atoms with E-state index in [1.54, 1.807) is 12.1 Å². The van der Waals surface area contributed by atoms with Crippen LogP contribution in [-0.4, -0.2) is 38.0 Å². The van der Waals surface area contributed by atoms with Gasteiger partial charge in [0.05, 0.1) is 0 Å².